The molecular weight excluding hydrogens is 232 g/mol. The minimum Gasteiger partial charge on any atom is -0.381 e. The lowest BCUT2D eigenvalue weighted by molar-refractivity contribution is 0.101. The molecule has 0 radical (unpaired) electrons. The highest BCUT2D eigenvalue weighted by molar-refractivity contribution is 5.43. The molecule has 0 amide bonds. The van der Waals surface area contributed by atoms with Crippen LogP contribution in [0.15, 0.2) is 36.4 Å². The minimum absolute atomic E-state index is 0.950. The second-order valence-corrected chi connectivity index (χ2v) is 5.77. The van der Waals surface area contributed by atoms with Gasteiger partial charge in [0.15, 0.2) is 0 Å². The molecule has 2 rings (SSSR count). The van der Waals surface area contributed by atoms with Crippen molar-refractivity contribution in [3.63, 3.8) is 0 Å². The number of hydrogen-bond donors (Lipinski definition) is 1. The largest absolute Gasteiger partial charge is 0.381 e. The summed E-state index contributed by atoms with van der Waals surface area (Å²) in [5.74, 6) is 0. The zero-order valence-electron chi connectivity index (χ0n) is 12.4. The fourth-order valence-corrected chi connectivity index (χ4v) is 2.77. The van der Waals surface area contributed by atoms with E-state index in [1.807, 2.05) is 13.0 Å². The van der Waals surface area contributed by atoms with E-state index in [0.717, 1.165) is 16.7 Å². The summed E-state index contributed by atoms with van der Waals surface area (Å²) < 4.78 is 0. The van der Waals surface area contributed by atoms with Gasteiger partial charge in [-0.15, -0.1) is 0 Å². The average molecular weight is 254 g/mol. The van der Waals surface area contributed by atoms with Gasteiger partial charge in [0.1, 0.15) is 5.60 Å². The molecule has 0 aliphatic rings. The van der Waals surface area contributed by atoms with Crippen LogP contribution >= 0.6 is 0 Å². The Morgan fingerprint density at radius 1 is 0.789 bits per heavy atom. The molecule has 2 aromatic carbocycles. The number of benzene rings is 2. The average Bonchev–Trinajstić information content (AvgIpc) is 2.26. The van der Waals surface area contributed by atoms with Gasteiger partial charge in [-0.1, -0.05) is 53.1 Å². The topological polar surface area (TPSA) is 20.2 Å². The molecule has 0 spiro atoms. The Kier molecular flexibility index (Phi) is 3.51. The fraction of sp³-hybridized carbons (Fsp3) is 0.333. The second kappa shape index (κ2) is 4.82. The van der Waals surface area contributed by atoms with Crippen molar-refractivity contribution in [3.05, 3.63) is 69.8 Å². The van der Waals surface area contributed by atoms with Gasteiger partial charge < -0.3 is 5.11 Å². The van der Waals surface area contributed by atoms with Crippen LogP contribution in [0.25, 0.3) is 0 Å². The quantitative estimate of drug-likeness (QED) is 0.852. The van der Waals surface area contributed by atoms with E-state index in [-0.39, 0.29) is 0 Å². The number of aliphatic hydroxyl groups is 1. The number of hydrogen-bond acceptors (Lipinski definition) is 1. The Labute approximate surface area is 115 Å². The van der Waals surface area contributed by atoms with Crippen LogP contribution in [0.5, 0.6) is 0 Å². The summed E-state index contributed by atoms with van der Waals surface area (Å²) in [7, 11) is 0. The predicted octanol–water partition coefficient (Wildman–Crippen LogP) is 4.18. The van der Waals surface area contributed by atoms with Gasteiger partial charge in [-0.2, -0.15) is 0 Å². The molecule has 100 valence electrons. The van der Waals surface area contributed by atoms with E-state index in [4.69, 9.17) is 0 Å². The first-order valence-corrected chi connectivity index (χ1v) is 6.69. The lowest BCUT2D eigenvalue weighted by Gasteiger charge is -2.27. The first kappa shape index (κ1) is 13.8. The van der Waals surface area contributed by atoms with Gasteiger partial charge in [-0.3, -0.25) is 0 Å². The second-order valence-electron chi connectivity index (χ2n) is 5.77. The van der Waals surface area contributed by atoms with Crippen molar-refractivity contribution in [2.45, 2.75) is 40.2 Å². The molecule has 1 atom stereocenters. The lowest BCUT2D eigenvalue weighted by atomic mass is 9.84. The minimum atomic E-state index is -0.950. The number of rotatable bonds is 2. The van der Waals surface area contributed by atoms with Crippen molar-refractivity contribution < 1.29 is 5.11 Å². The Hall–Kier alpha value is -1.60. The van der Waals surface area contributed by atoms with Gasteiger partial charge in [0.2, 0.25) is 0 Å². The first-order chi connectivity index (χ1) is 8.80. The molecule has 0 heterocycles. The Balaban J connectivity index is 2.57. The van der Waals surface area contributed by atoms with Crippen LogP contribution in [-0.2, 0) is 5.60 Å². The molecule has 1 heteroatoms. The molecule has 1 unspecified atom stereocenters. The summed E-state index contributed by atoms with van der Waals surface area (Å²) in [6.45, 7) is 10.1. The highest BCUT2D eigenvalue weighted by Crippen LogP contribution is 2.32. The van der Waals surface area contributed by atoms with Crippen molar-refractivity contribution in [1.29, 1.82) is 0 Å². The molecule has 0 aliphatic heterocycles. The summed E-state index contributed by atoms with van der Waals surface area (Å²) >= 11 is 0. The maximum absolute atomic E-state index is 11.0. The molecule has 1 N–H and O–H groups in total. The standard InChI is InChI=1S/C18H22O/c1-12-6-7-17(15(4)9-12)18(5,19)16-10-13(2)8-14(3)11-16/h6-11,19H,1-5H3. The van der Waals surface area contributed by atoms with Crippen molar-refractivity contribution >= 4 is 0 Å². The van der Waals surface area contributed by atoms with Crippen LogP contribution in [0, 0.1) is 27.7 Å². The van der Waals surface area contributed by atoms with E-state index >= 15 is 0 Å². The molecule has 0 aromatic heterocycles. The SMILES string of the molecule is Cc1cc(C)cc(C(C)(O)c2ccc(C)cc2C)c1. The van der Waals surface area contributed by atoms with Crippen molar-refractivity contribution in [2.75, 3.05) is 0 Å². The molecule has 0 saturated carbocycles. The van der Waals surface area contributed by atoms with Crippen LogP contribution < -0.4 is 0 Å². The van der Waals surface area contributed by atoms with Gasteiger partial charge in [0.05, 0.1) is 0 Å². The number of aryl methyl sites for hydroxylation is 4. The van der Waals surface area contributed by atoms with Crippen LogP contribution in [-0.4, -0.2) is 5.11 Å². The van der Waals surface area contributed by atoms with E-state index in [0.29, 0.717) is 0 Å². The zero-order chi connectivity index (χ0) is 14.2. The summed E-state index contributed by atoms with van der Waals surface area (Å²) in [6.07, 6.45) is 0. The summed E-state index contributed by atoms with van der Waals surface area (Å²) in [5, 5.41) is 11.0. The third kappa shape index (κ3) is 2.71. The molecule has 19 heavy (non-hydrogen) atoms. The van der Waals surface area contributed by atoms with Crippen LogP contribution in [0.3, 0.4) is 0 Å². The Bertz CT molecular complexity index is 589. The predicted molar refractivity (Wildman–Crippen MR) is 80.5 cm³/mol. The van der Waals surface area contributed by atoms with Crippen LogP contribution in [0.4, 0.5) is 0 Å². The Morgan fingerprint density at radius 3 is 1.89 bits per heavy atom. The van der Waals surface area contributed by atoms with Gasteiger partial charge in [-0.05, 0) is 51.3 Å². The fourth-order valence-electron chi connectivity index (χ4n) is 2.77. The zero-order valence-corrected chi connectivity index (χ0v) is 12.4. The normalized spacial score (nSPS) is 14.2. The third-order valence-corrected chi connectivity index (χ3v) is 3.69. The van der Waals surface area contributed by atoms with Gasteiger partial charge >= 0.3 is 0 Å². The maximum atomic E-state index is 11.0. The van der Waals surface area contributed by atoms with Gasteiger partial charge in [-0.25, -0.2) is 0 Å². The highest BCUT2D eigenvalue weighted by Gasteiger charge is 2.27. The molecule has 0 bridgehead atoms. The van der Waals surface area contributed by atoms with Crippen molar-refractivity contribution in [1.82, 2.24) is 0 Å². The summed E-state index contributed by atoms with van der Waals surface area (Å²) in [4.78, 5) is 0. The Morgan fingerprint density at radius 2 is 1.37 bits per heavy atom. The van der Waals surface area contributed by atoms with E-state index in [9.17, 15) is 5.11 Å². The first-order valence-electron chi connectivity index (χ1n) is 6.69. The van der Waals surface area contributed by atoms with Crippen LogP contribution in [0.2, 0.25) is 0 Å². The molecule has 0 aliphatic carbocycles. The summed E-state index contributed by atoms with van der Waals surface area (Å²) in [6, 6.07) is 12.5. The highest BCUT2D eigenvalue weighted by atomic mass is 16.3. The maximum Gasteiger partial charge on any atom is 0.112 e. The van der Waals surface area contributed by atoms with Crippen molar-refractivity contribution in [2.24, 2.45) is 0 Å². The molecular formula is C18H22O. The molecule has 0 saturated heterocycles. The van der Waals surface area contributed by atoms with Crippen molar-refractivity contribution in [3.8, 4) is 0 Å². The molecule has 0 fully saturated rings. The molecule has 1 nitrogen and oxygen atoms in total. The van der Waals surface area contributed by atoms with E-state index in [1.165, 1.54) is 16.7 Å². The summed E-state index contributed by atoms with van der Waals surface area (Å²) in [5.41, 5.74) is 5.69. The molecule has 2 aromatic rings. The lowest BCUT2D eigenvalue weighted by Crippen LogP contribution is -2.24. The van der Waals surface area contributed by atoms with E-state index in [2.05, 4.69) is 58.0 Å². The monoisotopic (exact) mass is 254 g/mol. The van der Waals surface area contributed by atoms with Gasteiger partial charge in [0.25, 0.3) is 0 Å². The smallest absolute Gasteiger partial charge is 0.112 e. The van der Waals surface area contributed by atoms with Gasteiger partial charge in [0, 0.05) is 0 Å². The van der Waals surface area contributed by atoms with E-state index in [1.54, 1.807) is 0 Å². The van der Waals surface area contributed by atoms with E-state index < -0.39 is 5.60 Å². The third-order valence-electron chi connectivity index (χ3n) is 3.69. The van der Waals surface area contributed by atoms with Crippen LogP contribution in [0.1, 0.15) is 40.3 Å².